The highest BCUT2D eigenvalue weighted by molar-refractivity contribution is 5.80. The third kappa shape index (κ3) is 1.91. The van der Waals surface area contributed by atoms with E-state index in [4.69, 9.17) is 5.73 Å². The monoisotopic (exact) mass is 197 g/mol. The molecule has 0 aromatic carbocycles. The van der Waals surface area contributed by atoms with Crippen molar-refractivity contribution in [2.24, 2.45) is 5.73 Å². The molecule has 2 rings (SSSR count). The van der Waals surface area contributed by atoms with E-state index < -0.39 is 0 Å². The van der Waals surface area contributed by atoms with Crippen LogP contribution < -0.4 is 11.1 Å². The number of hydrogen-bond acceptors (Lipinski definition) is 3. The molecule has 0 radical (unpaired) electrons. The second-order valence-corrected chi connectivity index (χ2v) is 4.30. The van der Waals surface area contributed by atoms with Gasteiger partial charge >= 0.3 is 0 Å². The number of hydrogen-bond donors (Lipinski definition) is 2. The molecule has 2 heterocycles. The minimum atomic E-state index is -0.142. The van der Waals surface area contributed by atoms with Crippen LogP contribution in [0.5, 0.6) is 0 Å². The molecule has 2 unspecified atom stereocenters. The molecule has 2 fully saturated rings. The smallest absolute Gasteiger partial charge is 0.234 e. The SMILES string of the molecule is NC(=O)C1CCCCN1C1CCNC1. The molecule has 0 bridgehead atoms. The van der Waals surface area contributed by atoms with Crippen molar-refractivity contribution in [3.63, 3.8) is 0 Å². The number of likely N-dealkylation sites (tertiary alicyclic amines) is 1. The first-order valence-electron chi connectivity index (χ1n) is 5.55. The first kappa shape index (κ1) is 9.93. The number of carbonyl (C=O) groups is 1. The molecule has 1 amide bonds. The second kappa shape index (κ2) is 4.28. The van der Waals surface area contributed by atoms with Crippen LogP contribution in [0.15, 0.2) is 0 Å². The number of carbonyl (C=O) groups excluding carboxylic acids is 1. The number of piperidine rings is 1. The van der Waals surface area contributed by atoms with Gasteiger partial charge in [0.2, 0.25) is 5.91 Å². The fourth-order valence-electron chi connectivity index (χ4n) is 2.62. The van der Waals surface area contributed by atoms with Gasteiger partial charge in [0.25, 0.3) is 0 Å². The van der Waals surface area contributed by atoms with E-state index in [9.17, 15) is 4.79 Å². The summed E-state index contributed by atoms with van der Waals surface area (Å²) in [4.78, 5) is 13.6. The predicted molar refractivity (Wildman–Crippen MR) is 54.8 cm³/mol. The quantitative estimate of drug-likeness (QED) is 0.638. The largest absolute Gasteiger partial charge is 0.368 e. The van der Waals surface area contributed by atoms with Gasteiger partial charge < -0.3 is 11.1 Å². The zero-order chi connectivity index (χ0) is 9.97. The molecular formula is C10H19N3O. The summed E-state index contributed by atoms with van der Waals surface area (Å²) in [6.07, 6.45) is 4.46. The lowest BCUT2D eigenvalue weighted by Gasteiger charge is -2.37. The lowest BCUT2D eigenvalue weighted by Crippen LogP contribution is -2.52. The Labute approximate surface area is 84.8 Å². The zero-order valence-electron chi connectivity index (χ0n) is 8.54. The fraction of sp³-hybridized carbons (Fsp3) is 0.900. The summed E-state index contributed by atoms with van der Waals surface area (Å²) >= 11 is 0. The maximum atomic E-state index is 11.3. The number of primary amides is 1. The van der Waals surface area contributed by atoms with Crippen molar-refractivity contribution in [3.05, 3.63) is 0 Å². The van der Waals surface area contributed by atoms with Gasteiger partial charge in [-0.05, 0) is 32.4 Å². The normalized spacial score (nSPS) is 34.6. The van der Waals surface area contributed by atoms with E-state index in [-0.39, 0.29) is 11.9 Å². The summed E-state index contributed by atoms with van der Waals surface area (Å²) in [5.41, 5.74) is 5.42. The van der Waals surface area contributed by atoms with Crippen molar-refractivity contribution >= 4 is 5.91 Å². The maximum Gasteiger partial charge on any atom is 0.234 e. The Morgan fingerprint density at radius 1 is 1.36 bits per heavy atom. The molecule has 0 aromatic heterocycles. The number of amides is 1. The molecule has 2 atom stereocenters. The summed E-state index contributed by atoms with van der Waals surface area (Å²) < 4.78 is 0. The molecule has 2 saturated heterocycles. The molecule has 3 N–H and O–H groups in total. The predicted octanol–water partition coefficient (Wildman–Crippen LogP) is -0.312. The third-order valence-electron chi connectivity index (χ3n) is 3.38. The van der Waals surface area contributed by atoms with Crippen LogP contribution in [0.25, 0.3) is 0 Å². The molecule has 0 saturated carbocycles. The van der Waals surface area contributed by atoms with Crippen molar-refractivity contribution in [1.29, 1.82) is 0 Å². The highest BCUT2D eigenvalue weighted by Gasteiger charge is 2.33. The average Bonchev–Trinajstić information content (AvgIpc) is 2.70. The van der Waals surface area contributed by atoms with Gasteiger partial charge in [0.05, 0.1) is 6.04 Å². The molecular weight excluding hydrogens is 178 g/mol. The van der Waals surface area contributed by atoms with Crippen LogP contribution in [-0.4, -0.2) is 42.5 Å². The van der Waals surface area contributed by atoms with E-state index in [1.54, 1.807) is 0 Å². The standard InChI is InChI=1S/C10H19N3O/c11-10(14)9-3-1-2-6-13(9)8-4-5-12-7-8/h8-9,12H,1-7H2,(H2,11,14). The van der Waals surface area contributed by atoms with Crippen LogP contribution in [0.3, 0.4) is 0 Å². The number of nitrogens with zero attached hydrogens (tertiary/aromatic N) is 1. The Morgan fingerprint density at radius 2 is 2.21 bits per heavy atom. The lowest BCUT2D eigenvalue weighted by molar-refractivity contribution is -0.125. The van der Waals surface area contributed by atoms with Gasteiger partial charge in [0, 0.05) is 12.6 Å². The summed E-state index contributed by atoms with van der Waals surface area (Å²) in [5, 5.41) is 3.34. The Morgan fingerprint density at radius 3 is 2.86 bits per heavy atom. The third-order valence-corrected chi connectivity index (χ3v) is 3.38. The van der Waals surface area contributed by atoms with E-state index in [2.05, 4.69) is 10.2 Å². The van der Waals surface area contributed by atoms with Gasteiger partial charge in [0.15, 0.2) is 0 Å². The molecule has 4 heteroatoms. The topological polar surface area (TPSA) is 58.4 Å². The summed E-state index contributed by atoms with van der Waals surface area (Å²) in [7, 11) is 0. The number of nitrogens with two attached hydrogens (primary N) is 1. The van der Waals surface area contributed by atoms with Crippen molar-refractivity contribution < 1.29 is 4.79 Å². The van der Waals surface area contributed by atoms with Gasteiger partial charge in [-0.15, -0.1) is 0 Å². The Balaban J connectivity index is 2.01. The first-order chi connectivity index (χ1) is 6.79. The van der Waals surface area contributed by atoms with E-state index in [0.29, 0.717) is 6.04 Å². The molecule has 0 aliphatic carbocycles. The van der Waals surface area contributed by atoms with Gasteiger partial charge in [-0.2, -0.15) is 0 Å². The average molecular weight is 197 g/mol. The van der Waals surface area contributed by atoms with E-state index in [1.165, 1.54) is 6.42 Å². The van der Waals surface area contributed by atoms with Crippen LogP contribution in [0.1, 0.15) is 25.7 Å². The highest BCUT2D eigenvalue weighted by atomic mass is 16.1. The van der Waals surface area contributed by atoms with Crippen molar-refractivity contribution in [2.75, 3.05) is 19.6 Å². The van der Waals surface area contributed by atoms with Crippen LogP contribution in [-0.2, 0) is 4.79 Å². The Kier molecular flexibility index (Phi) is 3.03. The lowest BCUT2D eigenvalue weighted by atomic mass is 9.99. The Bertz CT molecular complexity index is 213. The first-order valence-corrected chi connectivity index (χ1v) is 5.55. The van der Waals surface area contributed by atoms with Crippen LogP contribution in [0.2, 0.25) is 0 Å². The van der Waals surface area contributed by atoms with Crippen LogP contribution in [0.4, 0.5) is 0 Å². The summed E-state index contributed by atoms with van der Waals surface area (Å²) in [5.74, 6) is -0.142. The number of nitrogens with one attached hydrogen (secondary N) is 1. The second-order valence-electron chi connectivity index (χ2n) is 4.30. The maximum absolute atomic E-state index is 11.3. The molecule has 80 valence electrons. The zero-order valence-corrected chi connectivity index (χ0v) is 8.54. The van der Waals surface area contributed by atoms with Crippen molar-refractivity contribution in [3.8, 4) is 0 Å². The van der Waals surface area contributed by atoms with Crippen molar-refractivity contribution in [1.82, 2.24) is 10.2 Å². The van der Waals surface area contributed by atoms with Gasteiger partial charge in [-0.25, -0.2) is 0 Å². The Hall–Kier alpha value is -0.610. The fourth-order valence-corrected chi connectivity index (χ4v) is 2.62. The highest BCUT2D eigenvalue weighted by Crippen LogP contribution is 2.21. The van der Waals surface area contributed by atoms with E-state index in [0.717, 1.165) is 38.9 Å². The van der Waals surface area contributed by atoms with Crippen LogP contribution in [0, 0.1) is 0 Å². The molecule has 0 aromatic rings. The molecule has 14 heavy (non-hydrogen) atoms. The van der Waals surface area contributed by atoms with E-state index >= 15 is 0 Å². The van der Waals surface area contributed by atoms with Gasteiger partial charge in [0.1, 0.15) is 0 Å². The van der Waals surface area contributed by atoms with Crippen molar-refractivity contribution in [2.45, 2.75) is 37.8 Å². The molecule has 2 aliphatic rings. The van der Waals surface area contributed by atoms with Gasteiger partial charge in [-0.1, -0.05) is 6.42 Å². The molecule has 2 aliphatic heterocycles. The number of rotatable bonds is 2. The molecule has 4 nitrogen and oxygen atoms in total. The minimum Gasteiger partial charge on any atom is -0.368 e. The van der Waals surface area contributed by atoms with Gasteiger partial charge in [-0.3, -0.25) is 9.69 Å². The van der Waals surface area contributed by atoms with E-state index in [1.807, 2.05) is 0 Å². The summed E-state index contributed by atoms with van der Waals surface area (Å²) in [6, 6.07) is 0.529. The van der Waals surface area contributed by atoms with Crippen LogP contribution >= 0.6 is 0 Å². The summed E-state index contributed by atoms with van der Waals surface area (Å²) in [6.45, 7) is 3.14. The minimum absolute atomic E-state index is 0.00588. The molecule has 0 spiro atoms.